The van der Waals surface area contributed by atoms with Gasteiger partial charge in [0, 0.05) is 13.1 Å². The van der Waals surface area contributed by atoms with Crippen LogP contribution in [-0.2, 0) is 11.3 Å². The monoisotopic (exact) mass is 302 g/mol. The summed E-state index contributed by atoms with van der Waals surface area (Å²) in [5.41, 5.74) is 5.47. The van der Waals surface area contributed by atoms with Gasteiger partial charge in [0.15, 0.2) is 0 Å². The van der Waals surface area contributed by atoms with Gasteiger partial charge in [-0.2, -0.15) is 0 Å². The van der Waals surface area contributed by atoms with E-state index in [4.69, 9.17) is 5.73 Å². The number of primary amides is 1. The van der Waals surface area contributed by atoms with Crippen LogP contribution in [0.15, 0.2) is 22.7 Å². The largest absolute Gasteiger partial charge is 0.369 e. The van der Waals surface area contributed by atoms with Crippen LogP contribution in [-0.4, -0.2) is 12.5 Å². The predicted molar refractivity (Wildman–Crippen MR) is 68.8 cm³/mol. The minimum absolute atomic E-state index is 0.293. The van der Waals surface area contributed by atoms with E-state index in [0.29, 0.717) is 17.6 Å². The number of hydrogen-bond donors (Lipinski definition) is 2. The Hall–Kier alpha value is -0.940. The van der Waals surface area contributed by atoms with Crippen LogP contribution < -0.4 is 11.1 Å². The summed E-state index contributed by atoms with van der Waals surface area (Å²) >= 11 is 3.09. The highest BCUT2D eigenvalue weighted by atomic mass is 79.9. The topological polar surface area (TPSA) is 55.1 Å². The standard InChI is InChI=1S/C12H16BrFN2O/c1-12(2,11(15)17)7-16-6-8-3-4-9(13)10(14)5-8/h3-5,16H,6-7H2,1-2H3,(H2,15,17). The molecule has 3 N–H and O–H groups in total. The molecule has 0 fully saturated rings. The molecule has 0 spiro atoms. The van der Waals surface area contributed by atoms with Gasteiger partial charge in [-0.1, -0.05) is 6.07 Å². The van der Waals surface area contributed by atoms with E-state index < -0.39 is 5.41 Å². The average molecular weight is 303 g/mol. The van der Waals surface area contributed by atoms with Gasteiger partial charge in [0.25, 0.3) is 0 Å². The first-order valence-corrected chi connectivity index (χ1v) is 6.07. The number of carbonyl (C=O) groups excluding carboxylic acids is 1. The Balaban J connectivity index is 2.51. The number of halogens is 2. The van der Waals surface area contributed by atoms with E-state index in [1.165, 1.54) is 6.07 Å². The Morgan fingerprint density at radius 3 is 2.71 bits per heavy atom. The van der Waals surface area contributed by atoms with Gasteiger partial charge >= 0.3 is 0 Å². The van der Waals surface area contributed by atoms with Gasteiger partial charge in [0.1, 0.15) is 5.82 Å². The number of benzene rings is 1. The number of carbonyl (C=O) groups is 1. The van der Waals surface area contributed by atoms with E-state index >= 15 is 0 Å². The summed E-state index contributed by atoms with van der Waals surface area (Å²) in [4.78, 5) is 11.1. The molecule has 0 saturated carbocycles. The van der Waals surface area contributed by atoms with Crippen molar-refractivity contribution in [1.29, 1.82) is 0 Å². The van der Waals surface area contributed by atoms with Crippen molar-refractivity contribution in [2.24, 2.45) is 11.1 Å². The smallest absolute Gasteiger partial charge is 0.224 e. The van der Waals surface area contributed by atoms with E-state index in [2.05, 4.69) is 21.2 Å². The maximum absolute atomic E-state index is 13.2. The molecule has 0 aromatic heterocycles. The molecule has 1 rings (SSSR count). The number of amides is 1. The SMILES string of the molecule is CC(C)(CNCc1ccc(Br)c(F)c1)C(N)=O. The molecule has 17 heavy (non-hydrogen) atoms. The molecule has 1 aromatic carbocycles. The van der Waals surface area contributed by atoms with Gasteiger partial charge in [-0.25, -0.2) is 4.39 Å². The maximum Gasteiger partial charge on any atom is 0.224 e. The normalized spacial score (nSPS) is 11.5. The van der Waals surface area contributed by atoms with Crippen molar-refractivity contribution in [3.63, 3.8) is 0 Å². The van der Waals surface area contributed by atoms with Crippen molar-refractivity contribution in [1.82, 2.24) is 5.32 Å². The Kier molecular flexibility index (Phi) is 4.65. The number of nitrogens with one attached hydrogen (secondary N) is 1. The molecule has 0 aliphatic heterocycles. The van der Waals surface area contributed by atoms with Crippen molar-refractivity contribution in [2.45, 2.75) is 20.4 Å². The summed E-state index contributed by atoms with van der Waals surface area (Å²) in [6.07, 6.45) is 0. The van der Waals surface area contributed by atoms with Gasteiger partial charge in [0.2, 0.25) is 5.91 Å². The molecular formula is C12H16BrFN2O. The molecule has 0 radical (unpaired) electrons. The van der Waals surface area contributed by atoms with Crippen molar-refractivity contribution in [3.8, 4) is 0 Å². The second-order valence-electron chi connectivity index (χ2n) is 4.60. The van der Waals surface area contributed by atoms with E-state index in [-0.39, 0.29) is 11.7 Å². The summed E-state index contributed by atoms with van der Waals surface area (Å²) in [5, 5.41) is 3.09. The molecule has 5 heteroatoms. The van der Waals surface area contributed by atoms with E-state index in [1.54, 1.807) is 19.9 Å². The fourth-order valence-corrected chi connectivity index (χ4v) is 1.50. The number of rotatable bonds is 5. The second-order valence-corrected chi connectivity index (χ2v) is 5.45. The van der Waals surface area contributed by atoms with Crippen molar-refractivity contribution in [3.05, 3.63) is 34.1 Å². The number of nitrogens with two attached hydrogens (primary N) is 1. The second kappa shape index (κ2) is 5.60. The van der Waals surface area contributed by atoms with E-state index in [0.717, 1.165) is 5.56 Å². The molecule has 0 aliphatic rings. The van der Waals surface area contributed by atoms with Gasteiger partial charge < -0.3 is 11.1 Å². The van der Waals surface area contributed by atoms with Crippen molar-refractivity contribution in [2.75, 3.05) is 6.54 Å². The summed E-state index contributed by atoms with van der Waals surface area (Å²) in [6, 6.07) is 4.93. The highest BCUT2D eigenvalue weighted by Gasteiger charge is 2.23. The van der Waals surface area contributed by atoms with Crippen LogP contribution in [0.3, 0.4) is 0 Å². The third-order valence-corrected chi connectivity index (χ3v) is 3.19. The van der Waals surface area contributed by atoms with E-state index in [9.17, 15) is 9.18 Å². The van der Waals surface area contributed by atoms with E-state index in [1.807, 2.05) is 6.07 Å². The Labute approximate surface area is 109 Å². The van der Waals surface area contributed by atoms with Gasteiger partial charge in [-0.15, -0.1) is 0 Å². The molecule has 0 atom stereocenters. The average Bonchev–Trinajstić information content (AvgIpc) is 2.23. The van der Waals surface area contributed by atoms with Crippen LogP contribution in [0, 0.1) is 11.2 Å². The van der Waals surface area contributed by atoms with Gasteiger partial charge in [-0.05, 0) is 47.5 Å². The lowest BCUT2D eigenvalue weighted by atomic mass is 9.93. The molecule has 0 saturated heterocycles. The third kappa shape index (κ3) is 4.09. The van der Waals surface area contributed by atoms with Crippen molar-refractivity contribution < 1.29 is 9.18 Å². The molecule has 0 unspecified atom stereocenters. The van der Waals surface area contributed by atoms with Crippen LogP contribution in [0.2, 0.25) is 0 Å². The summed E-state index contributed by atoms with van der Waals surface area (Å²) in [7, 11) is 0. The zero-order chi connectivity index (χ0) is 13.1. The minimum Gasteiger partial charge on any atom is -0.369 e. The van der Waals surface area contributed by atoms with Gasteiger partial charge in [-0.3, -0.25) is 4.79 Å². The Morgan fingerprint density at radius 1 is 1.53 bits per heavy atom. The molecule has 1 amide bonds. The summed E-state index contributed by atoms with van der Waals surface area (Å²) in [5.74, 6) is -0.648. The molecule has 1 aromatic rings. The van der Waals surface area contributed by atoms with Crippen molar-refractivity contribution >= 4 is 21.8 Å². The Bertz CT molecular complexity index is 421. The molecule has 94 valence electrons. The third-order valence-electron chi connectivity index (χ3n) is 2.55. The van der Waals surface area contributed by atoms with Crippen LogP contribution in [0.25, 0.3) is 0 Å². The highest BCUT2D eigenvalue weighted by Crippen LogP contribution is 2.17. The van der Waals surface area contributed by atoms with Crippen LogP contribution in [0.1, 0.15) is 19.4 Å². The fraction of sp³-hybridized carbons (Fsp3) is 0.417. The van der Waals surface area contributed by atoms with Crippen LogP contribution >= 0.6 is 15.9 Å². The molecule has 0 aliphatic carbocycles. The minimum atomic E-state index is -0.603. The molecule has 0 bridgehead atoms. The first-order valence-electron chi connectivity index (χ1n) is 5.27. The molecule has 3 nitrogen and oxygen atoms in total. The number of hydrogen-bond acceptors (Lipinski definition) is 2. The van der Waals surface area contributed by atoms with Crippen LogP contribution in [0.5, 0.6) is 0 Å². The lowest BCUT2D eigenvalue weighted by molar-refractivity contribution is -0.125. The lowest BCUT2D eigenvalue weighted by Gasteiger charge is -2.20. The first kappa shape index (κ1) is 14.1. The quantitative estimate of drug-likeness (QED) is 0.876. The summed E-state index contributed by atoms with van der Waals surface area (Å²) in [6.45, 7) is 4.50. The maximum atomic E-state index is 13.2. The molecular weight excluding hydrogens is 287 g/mol. The lowest BCUT2D eigenvalue weighted by Crippen LogP contribution is -2.40. The molecule has 0 heterocycles. The highest BCUT2D eigenvalue weighted by molar-refractivity contribution is 9.10. The fourth-order valence-electron chi connectivity index (χ4n) is 1.26. The zero-order valence-corrected chi connectivity index (χ0v) is 11.5. The predicted octanol–water partition coefficient (Wildman–Crippen LogP) is 2.19. The Morgan fingerprint density at radius 2 is 2.18 bits per heavy atom. The summed E-state index contributed by atoms with van der Waals surface area (Å²) < 4.78 is 13.7. The zero-order valence-electron chi connectivity index (χ0n) is 9.89. The van der Waals surface area contributed by atoms with Crippen LogP contribution in [0.4, 0.5) is 4.39 Å². The first-order chi connectivity index (χ1) is 7.83. The van der Waals surface area contributed by atoms with Gasteiger partial charge in [0.05, 0.1) is 9.89 Å².